The summed E-state index contributed by atoms with van der Waals surface area (Å²) in [6, 6.07) is 3.79. The maximum absolute atomic E-state index is 12.4. The van der Waals surface area contributed by atoms with Crippen molar-refractivity contribution in [3.05, 3.63) is 18.5 Å². The fourth-order valence-electron chi connectivity index (χ4n) is 3.42. The number of hydrogen-bond acceptors (Lipinski definition) is 6. The van der Waals surface area contributed by atoms with E-state index >= 15 is 0 Å². The van der Waals surface area contributed by atoms with E-state index in [1.165, 1.54) is 0 Å². The second-order valence-electron chi connectivity index (χ2n) is 6.82. The van der Waals surface area contributed by atoms with Crippen LogP contribution in [0.1, 0.15) is 32.6 Å². The van der Waals surface area contributed by atoms with E-state index < -0.39 is 0 Å². The lowest BCUT2D eigenvalue weighted by Crippen LogP contribution is -2.54. The first kappa shape index (κ1) is 16.7. The van der Waals surface area contributed by atoms with Gasteiger partial charge in [-0.1, -0.05) is 0 Å². The third-order valence-corrected chi connectivity index (χ3v) is 5.09. The van der Waals surface area contributed by atoms with Gasteiger partial charge in [-0.15, -0.1) is 0 Å². The quantitative estimate of drug-likeness (QED) is 0.885. The van der Waals surface area contributed by atoms with Crippen LogP contribution in [-0.4, -0.2) is 58.5 Å². The Morgan fingerprint density at radius 2 is 2.08 bits per heavy atom. The first-order chi connectivity index (χ1) is 11.6. The molecule has 2 aliphatic heterocycles. The molecule has 7 nitrogen and oxygen atoms in total. The van der Waals surface area contributed by atoms with Crippen LogP contribution < -0.4 is 10.2 Å². The van der Waals surface area contributed by atoms with Crippen molar-refractivity contribution in [1.29, 1.82) is 5.26 Å². The van der Waals surface area contributed by atoms with Crippen LogP contribution in [0, 0.1) is 11.3 Å². The number of nitrogens with one attached hydrogen (secondary N) is 1. The predicted octanol–water partition coefficient (Wildman–Crippen LogP) is 0.940. The molecule has 1 N–H and O–H groups in total. The van der Waals surface area contributed by atoms with E-state index in [9.17, 15) is 4.79 Å². The van der Waals surface area contributed by atoms with E-state index in [2.05, 4.69) is 33.2 Å². The number of piperidine rings is 1. The van der Waals surface area contributed by atoms with Crippen molar-refractivity contribution >= 4 is 11.9 Å². The number of nitrogens with zero attached hydrogens (tertiary/aromatic N) is 5. The molecule has 0 unspecified atom stereocenters. The fraction of sp³-hybridized carbons (Fsp3) is 0.647. The number of hydrogen-bond donors (Lipinski definition) is 1. The Hall–Kier alpha value is -2.20. The summed E-state index contributed by atoms with van der Waals surface area (Å²) in [5, 5.41) is 12.5. The normalized spacial score (nSPS) is 23.1. The van der Waals surface area contributed by atoms with Gasteiger partial charge in [0.25, 0.3) is 0 Å². The zero-order chi connectivity index (χ0) is 17.0. The van der Waals surface area contributed by atoms with Gasteiger partial charge < -0.3 is 15.1 Å². The van der Waals surface area contributed by atoms with Crippen LogP contribution >= 0.6 is 0 Å². The molecule has 0 saturated carbocycles. The summed E-state index contributed by atoms with van der Waals surface area (Å²) >= 11 is 0. The van der Waals surface area contributed by atoms with Crippen LogP contribution in [0.3, 0.4) is 0 Å². The van der Waals surface area contributed by atoms with Crippen LogP contribution in [0.15, 0.2) is 18.5 Å². The number of anilines is 1. The number of rotatable bonds is 4. The molecule has 0 aliphatic carbocycles. The molecule has 1 aromatic rings. The molecular formula is C17H24N6O. The maximum atomic E-state index is 12.4. The van der Waals surface area contributed by atoms with E-state index in [1.807, 2.05) is 6.07 Å². The molecule has 2 fully saturated rings. The Kier molecular flexibility index (Phi) is 4.95. The zero-order valence-corrected chi connectivity index (χ0v) is 14.1. The number of nitriles is 1. The Labute approximate surface area is 142 Å². The lowest BCUT2D eigenvalue weighted by molar-refractivity contribution is -0.130. The second kappa shape index (κ2) is 7.14. The van der Waals surface area contributed by atoms with Crippen LogP contribution in [0.25, 0.3) is 0 Å². The molecule has 3 heterocycles. The molecule has 2 aliphatic rings. The Morgan fingerprint density at radius 1 is 1.38 bits per heavy atom. The van der Waals surface area contributed by atoms with Crippen molar-refractivity contribution in [2.24, 2.45) is 0 Å². The van der Waals surface area contributed by atoms with Crippen molar-refractivity contribution in [3.8, 4) is 6.07 Å². The molecule has 7 heteroatoms. The number of carbonyl (C=O) groups is 1. The summed E-state index contributed by atoms with van der Waals surface area (Å²) in [6.45, 7) is 4.90. The maximum Gasteiger partial charge on any atom is 0.237 e. The predicted molar refractivity (Wildman–Crippen MR) is 90.2 cm³/mol. The molecule has 0 aromatic carbocycles. The van der Waals surface area contributed by atoms with Crippen LogP contribution in [0.4, 0.5) is 5.95 Å². The monoisotopic (exact) mass is 328 g/mol. The highest BCUT2D eigenvalue weighted by Crippen LogP contribution is 2.24. The summed E-state index contributed by atoms with van der Waals surface area (Å²) in [4.78, 5) is 24.9. The third-order valence-electron chi connectivity index (χ3n) is 5.09. The van der Waals surface area contributed by atoms with Crippen molar-refractivity contribution < 1.29 is 4.79 Å². The minimum Gasteiger partial charge on any atom is -0.341 e. The highest BCUT2D eigenvalue weighted by molar-refractivity contribution is 5.79. The molecular weight excluding hydrogens is 304 g/mol. The second-order valence-corrected chi connectivity index (χ2v) is 6.82. The lowest BCUT2D eigenvalue weighted by atomic mass is 9.89. The highest BCUT2D eigenvalue weighted by atomic mass is 16.2. The van der Waals surface area contributed by atoms with Crippen molar-refractivity contribution in [1.82, 2.24) is 20.2 Å². The standard InChI is InChI=1S/C17H24N6O/c1-17(21-13-15(24)23-9-2-4-14(23)12-18)5-10-22(11-6-17)16-19-7-3-8-20-16/h3,7-8,14,21H,2,4-6,9-11,13H2,1H3/t14-/m0/s1. The minimum atomic E-state index is -0.246. The molecule has 0 bridgehead atoms. The number of likely N-dealkylation sites (tertiary alicyclic amines) is 1. The average Bonchev–Trinajstić information content (AvgIpc) is 3.10. The molecule has 24 heavy (non-hydrogen) atoms. The summed E-state index contributed by atoms with van der Waals surface area (Å²) in [7, 11) is 0. The first-order valence-electron chi connectivity index (χ1n) is 8.57. The van der Waals surface area contributed by atoms with Crippen LogP contribution in [0.2, 0.25) is 0 Å². The minimum absolute atomic E-state index is 0.0362. The Morgan fingerprint density at radius 3 is 2.75 bits per heavy atom. The van der Waals surface area contributed by atoms with Gasteiger partial charge in [-0.3, -0.25) is 4.79 Å². The fourth-order valence-corrected chi connectivity index (χ4v) is 3.42. The molecule has 2 saturated heterocycles. The highest BCUT2D eigenvalue weighted by Gasteiger charge is 2.33. The SMILES string of the molecule is CC1(NCC(=O)N2CCC[C@H]2C#N)CCN(c2ncccn2)CC1. The summed E-state index contributed by atoms with van der Waals surface area (Å²) < 4.78 is 0. The smallest absolute Gasteiger partial charge is 0.237 e. The van der Waals surface area contributed by atoms with Gasteiger partial charge in [-0.2, -0.15) is 5.26 Å². The van der Waals surface area contributed by atoms with Gasteiger partial charge in [0.2, 0.25) is 11.9 Å². The molecule has 0 spiro atoms. The van der Waals surface area contributed by atoms with Gasteiger partial charge in [-0.25, -0.2) is 9.97 Å². The number of carbonyl (C=O) groups excluding carboxylic acids is 1. The van der Waals surface area contributed by atoms with Gasteiger partial charge >= 0.3 is 0 Å². The molecule has 128 valence electrons. The van der Waals surface area contributed by atoms with Crippen molar-refractivity contribution in [3.63, 3.8) is 0 Å². The largest absolute Gasteiger partial charge is 0.341 e. The van der Waals surface area contributed by atoms with Gasteiger partial charge in [0.1, 0.15) is 6.04 Å². The van der Waals surface area contributed by atoms with Crippen molar-refractivity contribution in [2.75, 3.05) is 31.1 Å². The van der Waals surface area contributed by atoms with E-state index in [4.69, 9.17) is 5.26 Å². The van der Waals surface area contributed by atoms with Gasteiger partial charge in [-0.05, 0) is 38.7 Å². The van der Waals surface area contributed by atoms with Crippen LogP contribution in [-0.2, 0) is 4.79 Å². The zero-order valence-electron chi connectivity index (χ0n) is 14.1. The molecule has 3 rings (SSSR count). The van der Waals surface area contributed by atoms with Gasteiger partial charge in [0.05, 0.1) is 12.6 Å². The van der Waals surface area contributed by atoms with E-state index in [-0.39, 0.29) is 17.5 Å². The van der Waals surface area contributed by atoms with Crippen molar-refractivity contribution in [2.45, 2.75) is 44.2 Å². The molecule has 1 aromatic heterocycles. The Bertz CT molecular complexity index is 605. The van der Waals surface area contributed by atoms with E-state index in [0.717, 1.165) is 44.7 Å². The average molecular weight is 328 g/mol. The topological polar surface area (TPSA) is 85.2 Å². The van der Waals surface area contributed by atoms with E-state index in [0.29, 0.717) is 13.1 Å². The number of aromatic nitrogens is 2. The molecule has 1 atom stereocenters. The van der Waals surface area contributed by atoms with Gasteiger partial charge in [0.15, 0.2) is 0 Å². The lowest BCUT2D eigenvalue weighted by Gasteiger charge is -2.40. The van der Waals surface area contributed by atoms with Gasteiger partial charge in [0, 0.05) is 37.6 Å². The molecule has 1 amide bonds. The first-order valence-corrected chi connectivity index (χ1v) is 8.57. The van der Waals surface area contributed by atoms with Crippen LogP contribution in [0.5, 0.6) is 0 Å². The summed E-state index contributed by atoms with van der Waals surface area (Å²) in [5.41, 5.74) is -0.0667. The third kappa shape index (κ3) is 3.65. The van der Waals surface area contributed by atoms with E-state index in [1.54, 1.807) is 17.3 Å². The number of amides is 1. The molecule has 0 radical (unpaired) electrons. The summed E-state index contributed by atoms with van der Waals surface area (Å²) in [6.07, 6.45) is 7.10. The Balaban J connectivity index is 1.50. The summed E-state index contributed by atoms with van der Waals surface area (Å²) in [5.74, 6) is 0.804.